The number of nitrogens with zero attached hydrogens (tertiary/aromatic N) is 2. The Hall–Kier alpha value is -2.05. The zero-order valence-electron chi connectivity index (χ0n) is 11.1. The molecule has 2 aromatic carbocycles. The first-order valence-corrected chi connectivity index (χ1v) is 7.97. The predicted octanol–water partition coefficient (Wildman–Crippen LogP) is 2.82. The van der Waals surface area contributed by atoms with E-state index in [1.807, 2.05) is 6.92 Å². The topological polar surface area (TPSA) is 78.0 Å². The molecule has 1 aromatic heterocycles. The lowest BCUT2D eigenvalue weighted by atomic mass is 10.2. The minimum Gasteiger partial charge on any atom is -0.368 e. The Bertz CT molecular complexity index is 931. The summed E-state index contributed by atoms with van der Waals surface area (Å²) in [6, 6.07) is 11.4. The third kappa shape index (κ3) is 2.26. The molecule has 108 valence electrons. The number of halogens is 1. The molecule has 0 fully saturated rings. The number of fused-ring (bicyclic) bond motifs is 1. The number of aryl methyl sites for hydroxylation is 1. The molecule has 0 aliphatic rings. The molecule has 5 nitrogen and oxygen atoms in total. The Morgan fingerprint density at radius 2 is 1.81 bits per heavy atom. The van der Waals surface area contributed by atoms with Crippen molar-refractivity contribution < 1.29 is 8.42 Å². The Morgan fingerprint density at radius 1 is 1.14 bits per heavy atom. The summed E-state index contributed by atoms with van der Waals surface area (Å²) in [4.78, 5) is 4.22. The first-order valence-electron chi connectivity index (χ1n) is 6.15. The number of hydrogen-bond acceptors (Lipinski definition) is 4. The number of aromatic nitrogens is 2. The van der Waals surface area contributed by atoms with E-state index < -0.39 is 10.0 Å². The fourth-order valence-corrected chi connectivity index (χ4v) is 3.66. The van der Waals surface area contributed by atoms with E-state index in [1.165, 1.54) is 6.07 Å². The fourth-order valence-electron chi connectivity index (χ4n) is 2.11. The monoisotopic (exact) mass is 321 g/mol. The van der Waals surface area contributed by atoms with Crippen LogP contribution < -0.4 is 5.73 Å². The molecule has 2 N–H and O–H groups in total. The summed E-state index contributed by atoms with van der Waals surface area (Å²) in [5.41, 5.74) is 7.60. The highest BCUT2D eigenvalue weighted by Gasteiger charge is 2.23. The molecule has 21 heavy (non-hydrogen) atoms. The van der Waals surface area contributed by atoms with Gasteiger partial charge in [0.05, 0.1) is 15.9 Å². The number of anilines is 1. The number of nitrogen functional groups attached to an aromatic ring is 1. The lowest BCUT2D eigenvalue weighted by Crippen LogP contribution is -2.15. The Morgan fingerprint density at radius 3 is 2.48 bits per heavy atom. The van der Waals surface area contributed by atoms with E-state index in [0.717, 1.165) is 9.54 Å². The summed E-state index contributed by atoms with van der Waals surface area (Å²) < 4.78 is 26.5. The van der Waals surface area contributed by atoms with Gasteiger partial charge in [0.1, 0.15) is 0 Å². The van der Waals surface area contributed by atoms with Gasteiger partial charge < -0.3 is 5.73 Å². The Labute approximate surface area is 127 Å². The van der Waals surface area contributed by atoms with Crippen molar-refractivity contribution in [3.8, 4) is 0 Å². The van der Waals surface area contributed by atoms with Crippen molar-refractivity contribution in [2.45, 2.75) is 11.8 Å². The number of hydrogen-bond donors (Lipinski definition) is 1. The summed E-state index contributed by atoms with van der Waals surface area (Å²) in [5.74, 6) is -0.0900. The minimum atomic E-state index is -3.82. The summed E-state index contributed by atoms with van der Waals surface area (Å²) in [7, 11) is -3.82. The second kappa shape index (κ2) is 4.75. The van der Waals surface area contributed by atoms with Crippen LogP contribution in [0.25, 0.3) is 11.0 Å². The van der Waals surface area contributed by atoms with Gasteiger partial charge in [0.25, 0.3) is 10.0 Å². The van der Waals surface area contributed by atoms with Crippen LogP contribution >= 0.6 is 11.6 Å². The molecule has 0 saturated heterocycles. The highest BCUT2D eigenvalue weighted by molar-refractivity contribution is 7.90. The molecule has 0 unspecified atom stereocenters. The molecule has 1 heterocycles. The Balaban J connectivity index is 2.30. The zero-order chi connectivity index (χ0) is 15.2. The van der Waals surface area contributed by atoms with Crippen molar-refractivity contribution in [3.63, 3.8) is 0 Å². The second-order valence-electron chi connectivity index (χ2n) is 4.69. The Kier molecular flexibility index (Phi) is 3.15. The van der Waals surface area contributed by atoms with Crippen molar-refractivity contribution in [2.75, 3.05) is 5.73 Å². The van der Waals surface area contributed by atoms with Gasteiger partial charge in [0.15, 0.2) is 0 Å². The number of rotatable bonds is 2. The van der Waals surface area contributed by atoms with Crippen LogP contribution in [0.3, 0.4) is 0 Å². The van der Waals surface area contributed by atoms with Crippen LogP contribution in [0.5, 0.6) is 0 Å². The van der Waals surface area contributed by atoms with E-state index in [2.05, 4.69) is 4.98 Å². The van der Waals surface area contributed by atoms with Gasteiger partial charge in [-0.1, -0.05) is 29.3 Å². The molecule has 0 radical (unpaired) electrons. The van der Waals surface area contributed by atoms with Crippen LogP contribution in [-0.2, 0) is 10.0 Å². The third-order valence-electron chi connectivity index (χ3n) is 3.16. The maximum absolute atomic E-state index is 12.8. The largest absolute Gasteiger partial charge is 0.368 e. The van der Waals surface area contributed by atoms with Gasteiger partial charge >= 0.3 is 0 Å². The van der Waals surface area contributed by atoms with Crippen molar-refractivity contribution in [3.05, 3.63) is 53.1 Å². The summed E-state index contributed by atoms with van der Waals surface area (Å²) in [6.07, 6.45) is 0. The van der Waals surface area contributed by atoms with E-state index in [9.17, 15) is 8.42 Å². The molecular weight excluding hydrogens is 310 g/mol. The fraction of sp³-hybridized carbons (Fsp3) is 0.0714. The standard InChI is InChI=1S/C14H12ClN3O2S/c1-9-2-5-11(6-3-9)21(19,20)18-13-8-10(15)4-7-12(13)17-14(18)16/h2-8H,1H3,(H2,16,17). The number of imidazole rings is 1. The van der Waals surface area contributed by atoms with Crippen molar-refractivity contribution in [1.29, 1.82) is 0 Å². The van der Waals surface area contributed by atoms with Crippen LogP contribution in [0.2, 0.25) is 5.02 Å². The lowest BCUT2D eigenvalue weighted by molar-refractivity contribution is 0.589. The highest BCUT2D eigenvalue weighted by atomic mass is 35.5. The first kappa shape index (κ1) is 13.9. The van der Waals surface area contributed by atoms with Crippen molar-refractivity contribution in [1.82, 2.24) is 8.96 Å². The van der Waals surface area contributed by atoms with Crippen LogP contribution in [0, 0.1) is 6.92 Å². The van der Waals surface area contributed by atoms with Crippen LogP contribution in [-0.4, -0.2) is 17.4 Å². The molecule has 7 heteroatoms. The lowest BCUT2D eigenvalue weighted by Gasteiger charge is -2.08. The van der Waals surface area contributed by atoms with E-state index in [4.69, 9.17) is 17.3 Å². The second-order valence-corrected chi connectivity index (χ2v) is 6.91. The van der Waals surface area contributed by atoms with E-state index in [1.54, 1.807) is 36.4 Å². The number of nitrogens with two attached hydrogens (primary N) is 1. The van der Waals surface area contributed by atoms with E-state index in [-0.39, 0.29) is 10.8 Å². The average molecular weight is 322 g/mol. The van der Waals surface area contributed by atoms with Gasteiger partial charge in [-0.05, 0) is 37.3 Å². The average Bonchev–Trinajstić information content (AvgIpc) is 2.75. The summed E-state index contributed by atoms with van der Waals surface area (Å²) in [6.45, 7) is 1.89. The van der Waals surface area contributed by atoms with Crippen molar-refractivity contribution in [2.24, 2.45) is 0 Å². The van der Waals surface area contributed by atoms with Gasteiger partial charge in [0.2, 0.25) is 5.95 Å². The molecule has 0 aliphatic heterocycles. The van der Waals surface area contributed by atoms with Crippen LogP contribution in [0.15, 0.2) is 47.4 Å². The maximum Gasteiger partial charge on any atom is 0.271 e. The van der Waals surface area contributed by atoms with Gasteiger partial charge in [-0.15, -0.1) is 0 Å². The SMILES string of the molecule is Cc1ccc(S(=O)(=O)n2c(N)nc3ccc(Cl)cc32)cc1. The van der Waals surface area contributed by atoms with E-state index in [0.29, 0.717) is 16.1 Å². The predicted molar refractivity (Wildman–Crippen MR) is 82.9 cm³/mol. The molecule has 3 aromatic rings. The van der Waals surface area contributed by atoms with Gasteiger partial charge in [0, 0.05) is 5.02 Å². The maximum atomic E-state index is 12.8. The first-order chi connectivity index (χ1) is 9.89. The summed E-state index contributed by atoms with van der Waals surface area (Å²) >= 11 is 5.94. The highest BCUT2D eigenvalue weighted by Crippen LogP contribution is 2.26. The normalized spacial score (nSPS) is 11.9. The smallest absolute Gasteiger partial charge is 0.271 e. The third-order valence-corrected chi connectivity index (χ3v) is 5.13. The zero-order valence-corrected chi connectivity index (χ0v) is 12.7. The minimum absolute atomic E-state index is 0.0900. The van der Waals surface area contributed by atoms with Crippen LogP contribution in [0.4, 0.5) is 5.95 Å². The number of benzene rings is 2. The molecule has 0 amide bonds. The molecular formula is C14H12ClN3O2S. The van der Waals surface area contributed by atoms with Gasteiger partial charge in [-0.25, -0.2) is 17.4 Å². The summed E-state index contributed by atoms with van der Waals surface area (Å²) in [5, 5.41) is 0.419. The van der Waals surface area contributed by atoms with Crippen LogP contribution in [0.1, 0.15) is 5.56 Å². The molecule has 0 atom stereocenters. The molecule has 0 spiro atoms. The molecule has 0 saturated carbocycles. The van der Waals surface area contributed by atoms with Crippen molar-refractivity contribution >= 4 is 38.6 Å². The van der Waals surface area contributed by atoms with E-state index >= 15 is 0 Å². The quantitative estimate of drug-likeness (QED) is 0.787. The molecule has 3 rings (SSSR count). The van der Waals surface area contributed by atoms with Gasteiger partial charge in [-0.2, -0.15) is 0 Å². The molecule has 0 bridgehead atoms. The van der Waals surface area contributed by atoms with Gasteiger partial charge in [-0.3, -0.25) is 0 Å². The molecule has 0 aliphatic carbocycles.